The largest absolute Gasteiger partial charge is 0.354 e. The molecule has 0 heterocycles. The van der Waals surface area contributed by atoms with Crippen LogP contribution in [0.15, 0.2) is 0 Å². The average Bonchev–Trinajstić information content (AvgIpc) is 2.21. The van der Waals surface area contributed by atoms with Gasteiger partial charge >= 0.3 is 0 Å². The number of rotatable bonds is 8. The van der Waals surface area contributed by atoms with Crippen LogP contribution in [0.3, 0.4) is 0 Å². The number of amides is 1. The molecule has 0 saturated carbocycles. The van der Waals surface area contributed by atoms with Crippen LogP contribution in [0.4, 0.5) is 0 Å². The molecule has 0 radical (unpaired) electrons. The van der Waals surface area contributed by atoms with Gasteiger partial charge in [0.2, 0.25) is 5.91 Å². The highest BCUT2D eigenvalue weighted by Crippen LogP contribution is 2.03. The molecule has 102 valence electrons. The van der Waals surface area contributed by atoms with Crippen molar-refractivity contribution >= 4 is 5.91 Å². The van der Waals surface area contributed by atoms with E-state index in [4.69, 9.17) is 5.73 Å². The molecule has 0 rings (SSSR count). The minimum absolute atomic E-state index is 0.125. The maximum absolute atomic E-state index is 11.4. The molecule has 1 atom stereocenters. The Labute approximate surface area is 106 Å². The quantitative estimate of drug-likeness (QED) is 0.673. The Balaban J connectivity index is 3.66. The van der Waals surface area contributed by atoms with Crippen molar-refractivity contribution in [3.63, 3.8) is 0 Å². The van der Waals surface area contributed by atoms with E-state index >= 15 is 0 Å². The summed E-state index contributed by atoms with van der Waals surface area (Å²) < 4.78 is 0. The van der Waals surface area contributed by atoms with E-state index in [1.54, 1.807) is 0 Å². The van der Waals surface area contributed by atoms with Crippen molar-refractivity contribution in [2.75, 3.05) is 20.1 Å². The number of carbonyl (C=O) groups is 1. The first kappa shape index (κ1) is 16.4. The van der Waals surface area contributed by atoms with Gasteiger partial charge in [-0.1, -0.05) is 13.8 Å². The van der Waals surface area contributed by atoms with Gasteiger partial charge in [-0.25, -0.2) is 0 Å². The van der Waals surface area contributed by atoms with E-state index in [1.807, 2.05) is 20.9 Å². The minimum atomic E-state index is 0.125. The fraction of sp³-hybridized carbons (Fsp3) is 0.923. The van der Waals surface area contributed by atoms with Gasteiger partial charge in [-0.05, 0) is 39.8 Å². The normalized spacial score (nSPS) is 13.5. The molecule has 0 aliphatic carbocycles. The highest BCUT2D eigenvalue weighted by atomic mass is 16.1. The number of hydrogen-bond donors (Lipinski definition) is 2. The Morgan fingerprint density at radius 1 is 1.24 bits per heavy atom. The molecule has 0 aromatic rings. The van der Waals surface area contributed by atoms with Crippen molar-refractivity contribution in [3.05, 3.63) is 0 Å². The zero-order chi connectivity index (χ0) is 13.4. The van der Waals surface area contributed by atoms with Gasteiger partial charge in [0.1, 0.15) is 0 Å². The molecule has 0 bridgehead atoms. The average molecular weight is 243 g/mol. The van der Waals surface area contributed by atoms with E-state index in [-0.39, 0.29) is 18.0 Å². The molecular formula is C13H29N3O. The van der Waals surface area contributed by atoms with Crippen LogP contribution < -0.4 is 11.1 Å². The van der Waals surface area contributed by atoms with Gasteiger partial charge in [-0.2, -0.15) is 0 Å². The summed E-state index contributed by atoms with van der Waals surface area (Å²) in [4.78, 5) is 13.6. The van der Waals surface area contributed by atoms with E-state index in [9.17, 15) is 4.79 Å². The monoisotopic (exact) mass is 243 g/mol. The molecule has 0 aromatic carbocycles. The number of nitrogens with two attached hydrogens (primary N) is 1. The van der Waals surface area contributed by atoms with E-state index < -0.39 is 0 Å². The molecule has 4 heteroatoms. The third-order valence-corrected chi connectivity index (χ3v) is 2.87. The number of hydrogen-bond acceptors (Lipinski definition) is 3. The lowest BCUT2D eigenvalue weighted by Crippen LogP contribution is -2.35. The van der Waals surface area contributed by atoms with E-state index in [0.717, 1.165) is 19.5 Å². The molecule has 0 fully saturated rings. The smallest absolute Gasteiger partial charge is 0.221 e. The third-order valence-electron chi connectivity index (χ3n) is 2.87. The van der Waals surface area contributed by atoms with Crippen molar-refractivity contribution in [1.29, 1.82) is 0 Å². The summed E-state index contributed by atoms with van der Waals surface area (Å²) >= 11 is 0. The number of carbonyl (C=O) groups excluding carboxylic acids is 1. The highest BCUT2D eigenvalue weighted by molar-refractivity contribution is 5.76. The summed E-state index contributed by atoms with van der Waals surface area (Å²) in [5.41, 5.74) is 5.98. The van der Waals surface area contributed by atoms with Crippen molar-refractivity contribution in [2.45, 2.75) is 52.6 Å². The molecular weight excluding hydrogens is 214 g/mol. The van der Waals surface area contributed by atoms with Gasteiger partial charge in [-0.15, -0.1) is 0 Å². The summed E-state index contributed by atoms with van der Waals surface area (Å²) in [7, 11) is 2.04. The van der Waals surface area contributed by atoms with Gasteiger partial charge in [0.25, 0.3) is 0 Å². The molecule has 0 spiro atoms. The van der Waals surface area contributed by atoms with Gasteiger partial charge in [0.15, 0.2) is 0 Å². The third kappa shape index (κ3) is 9.12. The van der Waals surface area contributed by atoms with Crippen molar-refractivity contribution < 1.29 is 4.79 Å². The van der Waals surface area contributed by atoms with Gasteiger partial charge in [-0.3, -0.25) is 4.79 Å². The lowest BCUT2D eigenvalue weighted by molar-refractivity contribution is -0.121. The first-order chi connectivity index (χ1) is 7.82. The van der Waals surface area contributed by atoms with Gasteiger partial charge < -0.3 is 16.0 Å². The molecule has 17 heavy (non-hydrogen) atoms. The fourth-order valence-electron chi connectivity index (χ4n) is 1.50. The Morgan fingerprint density at radius 2 is 1.82 bits per heavy atom. The summed E-state index contributed by atoms with van der Waals surface area (Å²) in [6, 6.07) is 0.476. The molecule has 1 unspecified atom stereocenters. The minimum Gasteiger partial charge on any atom is -0.354 e. The van der Waals surface area contributed by atoms with E-state index in [2.05, 4.69) is 24.1 Å². The van der Waals surface area contributed by atoms with Crippen LogP contribution in [0.25, 0.3) is 0 Å². The SMILES string of the molecule is CC(C)NC(=O)CCN(C)CCC(N)C(C)C. The van der Waals surface area contributed by atoms with E-state index in [1.165, 1.54) is 0 Å². The predicted octanol–water partition coefficient (Wildman–Crippen LogP) is 1.21. The number of nitrogens with zero attached hydrogens (tertiary/aromatic N) is 1. The van der Waals surface area contributed by atoms with Crippen molar-refractivity contribution in [3.8, 4) is 0 Å². The predicted molar refractivity (Wildman–Crippen MR) is 72.8 cm³/mol. The molecule has 1 amide bonds. The van der Waals surface area contributed by atoms with Crippen LogP contribution in [0.5, 0.6) is 0 Å². The van der Waals surface area contributed by atoms with Gasteiger partial charge in [0, 0.05) is 25.0 Å². The molecule has 0 aromatic heterocycles. The van der Waals surface area contributed by atoms with Crippen LogP contribution in [0.2, 0.25) is 0 Å². The maximum atomic E-state index is 11.4. The zero-order valence-corrected chi connectivity index (χ0v) is 12.0. The van der Waals surface area contributed by atoms with E-state index in [0.29, 0.717) is 12.3 Å². The summed E-state index contributed by atoms with van der Waals surface area (Å²) in [5.74, 6) is 0.646. The second-order valence-electron chi connectivity index (χ2n) is 5.47. The van der Waals surface area contributed by atoms with Crippen LogP contribution >= 0.6 is 0 Å². The van der Waals surface area contributed by atoms with Crippen LogP contribution in [0, 0.1) is 5.92 Å². The molecule has 0 aliphatic heterocycles. The second kappa shape index (κ2) is 8.48. The molecule has 3 N–H and O–H groups in total. The molecule has 0 aliphatic rings. The standard InChI is InChI=1S/C13H29N3O/c1-10(2)12(14)6-8-16(5)9-7-13(17)15-11(3)4/h10-12H,6-9,14H2,1-5H3,(H,15,17). The summed E-state index contributed by atoms with van der Waals surface area (Å²) in [5, 5.41) is 2.89. The van der Waals surface area contributed by atoms with Crippen LogP contribution in [-0.2, 0) is 4.79 Å². The Hall–Kier alpha value is -0.610. The topological polar surface area (TPSA) is 58.4 Å². The second-order valence-corrected chi connectivity index (χ2v) is 5.47. The summed E-state index contributed by atoms with van der Waals surface area (Å²) in [6.07, 6.45) is 1.55. The van der Waals surface area contributed by atoms with Gasteiger partial charge in [0.05, 0.1) is 0 Å². The summed E-state index contributed by atoms with van der Waals surface area (Å²) in [6.45, 7) is 9.98. The zero-order valence-electron chi connectivity index (χ0n) is 12.0. The fourth-order valence-corrected chi connectivity index (χ4v) is 1.50. The lowest BCUT2D eigenvalue weighted by Gasteiger charge is -2.21. The maximum Gasteiger partial charge on any atom is 0.221 e. The first-order valence-electron chi connectivity index (χ1n) is 6.56. The molecule has 4 nitrogen and oxygen atoms in total. The Kier molecular flexibility index (Phi) is 8.17. The van der Waals surface area contributed by atoms with Crippen molar-refractivity contribution in [1.82, 2.24) is 10.2 Å². The van der Waals surface area contributed by atoms with Crippen LogP contribution in [-0.4, -0.2) is 43.0 Å². The lowest BCUT2D eigenvalue weighted by atomic mass is 10.0. The van der Waals surface area contributed by atoms with Crippen molar-refractivity contribution in [2.24, 2.45) is 11.7 Å². The first-order valence-corrected chi connectivity index (χ1v) is 6.56. The van der Waals surface area contributed by atoms with Crippen LogP contribution in [0.1, 0.15) is 40.5 Å². The Bertz CT molecular complexity index is 217. The Morgan fingerprint density at radius 3 is 2.29 bits per heavy atom. The highest BCUT2D eigenvalue weighted by Gasteiger charge is 2.10. The number of nitrogens with one attached hydrogen (secondary N) is 1. The molecule has 0 saturated heterocycles.